The van der Waals surface area contributed by atoms with Gasteiger partial charge < -0.3 is 30.3 Å². The van der Waals surface area contributed by atoms with Gasteiger partial charge >= 0.3 is 0 Å². The van der Waals surface area contributed by atoms with Crippen molar-refractivity contribution in [2.45, 2.75) is 51.7 Å². The zero-order valence-electron chi connectivity index (χ0n) is 24.0. The second-order valence-electron chi connectivity index (χ2n) is 11.5. The van der Waals surface area contributed by atoms with Crippen LogP contribution in [0.3, 0.4) is 0 Å². The zero-order valence-corrected chi connectivity index (χ0v) is 24.8. The van der Waals surface area contributed by atoms with Gasteiger partial charge in [0, 0.05) is 36.6 Å². The van der Waals surface area contributed by atoms with E-state index in [-0.39, 0.29) is 0 Å². The predicted octanol–water partition coefficient (Wildman–Crippen LogP) is 6.54. The van der Waals surface area contributed by atoms with Gasteiger partial charge in [0.1, 0.15) is 22.2 Å². The topological polar surface area (TPSA) is 85.8 Å². The van der Waals surface area contributed by atoms with Crippen molar-refractivity contribution in [2.24, 2.45) is 0 Å². The van der Waals surface area contributed by atoms with E-state index in [0.717, 1.165) is 46.0 Å². The minimum atomic E-state index is -1.18. The summed E-state index contributed by atoms with van der Waals surface area (Å²) in [5, 5.41) is 20.0. The Hall–Kier alpha value is -3.47. The van der Waals surface area contributed by atoms with Crippen LogP contribution in [0.1, 0.15) is 44.2 Å². The number of hydrogen-bond acceptors (Lipinski definition) is 9. The summed E-state index contributed by atoms with van der Waals surface area (Å²) < 4.78 is 20.3. The van der Waals surface area contributed by atoms with Crippen molar-refractivity contribution in [3.05, 3.63) is 58.7 Å². The van der Waals surface area contributed by atoms with E-state index >= 15 is 0 Å². The minimum Gasteiger partial charge on any atom is -0.495 e. The monoisotopic (exact) mass is 576 g/mol. The molecule has 41 heavy (non-hydrogen) atoms. The van der Waals surface area contributed by atoms with Crippen LogP contribution in [0, 0.1) is 12.7 Å². The molecule has 4 aromatic rings. The second kappa shape index (κ2) is 11.1. The van der Waals surface area contributed by atoms with Gasteiger partial charge in [0.05, 0.1) is 23.8 Å². The highest BCUT2D eigenvalue weighted by Gasteiger charge is 2.29. The molecular weight excluding hydrogens is 539 g/mol. The average Bonchev–Trinajstić information content (AvgIpc) is 3.28. The van der Waals surface area contributed by atoms with E-state index in [0.29, 0.717) is 29.1 Å². The van der Waals surface area contributed by atoms with Crippen LogP contribution in [-0.2, 0) is 5.60 Å². The lowest BCUT2D eigenvalue weighted by Gasteiger charge is -2.43. The van der Waals surface area contributed by atoms with E-state index in [4.69, 9.17) is 14.7 Å². The summed E-state index contributed by atoms with van der Waals surface area (Å²) in [6.07, 6.45) is 3.68. The van der Waals surface area contributed by atoms with Crippen molar-refractivity contribution in [2.75, 3.05) is 48.8 Å². The maximum absolute atomic E-state index is 14.5. The number of aryl methyl sites for hydroxylation is 1. The van der Waals surface area contributed by atoms with E-state index in [1.165, 1.54) is 55.8 Å². The Morgan fingerprint density at radius 3 is 2.49 bits per heavy atom. The third kappa shape index (κ3) is 5.82. The average molecular weight is 577 g/mol. The highest BCUT2D eigenvalue weighted by atomic mass is 32.1. The van der Waals surface area contributed by atoms with Crippen molar-refractivity contribution in [1.82, 2.24) is 14.9 Å². The molecule has 0 saturated carbocycles. The van der Waals surface area contributed by atoms with Gasteiger partial charge in [0.25, 0.3) is 0 Å². The van der Waals surface area contributed by atoms with Gasteiger partial charge in [-0.1, -0.05) is 0 Å². The highest BCUT2D eigenvalue weighted by molar-refractivity contribution is 7.17. The number of thiophene rings is 1. The Morgan fingerprint density at radius 1 is 1.02 bits per heavy atom. The van der Waals surface area contributed by atoms with Crippen LogP contribution >= 0.6 is 11.3 Å². The van der Waals surface area contributed by atoms with E-state index in [1.807, 2.05) is 24.4 Å². The lowest BCUT2D eigenvalue weighted by Crippen LogP contribution is -2.50. The molecule has 2 saturated heterocycles. The fourth-order valence-electron chi connectivity index (χ4n) is 5.71. The van der Waals surface area contributed by atoms with E-state index < -0.39 is 11.4 Å². The molecule has 2 aliphatic rings. The number of piperidine rings is 1. The maximum Gasteiger partial charge on any atom is 0.230 e. The van der Waals surface area contributed by atoms with Gasteiger partial charge in [-0.3, -0.25) is 0 Å². The number of aliphatic hydroxyl groups is 1. The summed E-state index contributed by atoms with van der Waals surface area (Å²) >= 11 is 1.53. The number of aromatic nitrogens is 2. The molecule has 8 nitrogen and oxygen atoms in total. The van der Waals surface area contributed by atoms with Crippen LogP contribution in [-0.4, -0.2) is 59.3 Å². The number of ether oxygens (including phenoxy) is 1. The molecule has 2 aromatic heterocycles. The molecule has 0 amide bonds. The molecule has 0 radical (unpaired) electrons. The highest BCUT2D eigenvalue weighted by Crippen LogP contribution is 2.37. The summed E-state index contributed by atoms with van der Waals surface area (Å²) in [4.78, 5) is 15.4. The number of nitrogens with one attached hydrogen (secondary N) is 2. The van der Waals surface area contributed by atoms with Gasteiger partial charge in [-0.2, -0.15) is 4.98 Å². The standard InChI is InChI=1S/C31H37FN6O2S/c1-19-18-41-29-27(19)28(33-23-15-20(31(2,3)39)14-21(32)16-23)35-30(36-29)34-22-6-7-25(26(17-22)40-4)38-12-8-24(9-13-38)37-10-5-11-37/h6-7,14-18,24,39H,5,8-13H2,1-4H3,(H2,33,34,35,36). The minimum absolute atomic E-state index is 0.422. The summed E-state index contributed by atoms with van der Waals surface area (Å²) in [6, 6.07) is 11.3. The number of fused-ring (bicyclic) bond motifs is 1. The quantitative estimate of drug-likeness (QED) is 0.218. The van der Waals surface area contributed by atoms with Crippen LogP contribution < -0.4 is 20.3 Å². The molecule has 0 atom stereocenters. The first-order chi connectivity index (χ1) is 19.7. The first kappa shape index (κ1) is 27.7. The Morgan fingerprint density at radius 2 is 1.80 bits per heavy atom. The Labute approximate surface area is 244 Å². The number of anilines is 5. The van der Waals surface area contributed by atoms with Gasteiger partial charge in [-0.15, -0.1) is 11.3 Å². The Kier molecular flexibility index (Phi) is 7.48. The first-order valence-corrected chi connectivity index (χ1v) is 15.1. The molecule has 0 spiro atoms. The van der Waals surface area contributed by atoms with Gasteiger partial charge in [0.2, 0.25) is 5.95 Å². The van der Waals surface area contributed by atoms with E-state index in [1.54, 1.807) is 27.0 Å². The lowest BCUT2D eigenvalue weighted by molar-refractivity contribution is 0.0783. The predicted molar refractivity (Wildman–Crippen MR) is 165 cm³/mol. The van der Waals surface area contributed by atoms with Crippen LogP contribution in [0.2, 0.25) is 0 Å². The van der Waals surface area contributed by atoms with Crippen molar-refractivity contribution in [3.63, 3.8) is 0 Å². The van der Waals surface area contributed by atoms with E-state index in [9.17, 15) is 9.50 Å². The van der Waals surface area contributed by atoms with Gasteiger partial charge in [0.15, 0.2) is 0 Å². The van der Waals surface area contributed by atoms with Crippen molar-refractivity contribution in [1.29, 1.82) is 0 Å². The molecule has 216 valence electrons. The van der Waals surface area contributed by atoms with Crippen LogP contribution in [0.25, 0.3) is 10.2 Å². The first-order valence-electron chi connectivity index (χ1n) is 14.2. The summed E-state index contributed by atoms with van der Waals surface area (Å²) in [7, 11) is 1.70. The lowest BCUT2D eigenvalue weighted by atomic mass is 9.98. The third-order valence-corrected chi connectivity index (χ3v) is 9.12. The molecule has 3 N–H and O–H groups in total. The molecule has 0 bridgehead atoms. The molecule has 10 heteroatoms. The fourth-order valence-corrected chi connectivity index (χ4v) is 6.63. The van der Waals surface area contributed by atoms with Gasteiger partial charge in [-0.25, -0.2) is 9.37 Å². The van der Waals surface area contributed by atoms with Crippen LogP contribution in [0.5, 0.6) is 5.75 Å². The largest absolute Gasteiger partial charge is 0.495 e. The molecule has 0 unspecified atom stereocenters. The number of nitrogens with zero attached hydrogens (tertiary/aromatic N) is 4. The van der Waals surface area contributed by atoms with Crippen molar-refractivity contribution in [3.8, 4) is 5.75 Å². The molecule has 4 heterocycles. The fraction of sp³-hybridized carbons (Fsp3) is 0.419. The number of methoxy groups -OCH3 is 1. The Balaban J connectivity index is 1.25. The smallest absolute Gasteiger partial charge is 0.230 e. The number of halogens is 1. The molecule has 2 aliphatic heterocycles. The maximum atomic E-state index is 14.5. The summed E-state index contributed by atoms with van der Waals surface area (Å²) in [5.41, 5.74) is 2.74. The molecule has 6 rings (SSSR count). The van der Waals surface area contributed by atoms with Crippen molar-refractivity contribution >= 4 is 50.4 Å². The summed E-state index contributed by atoms with van der Waals surface area (Å²) in [6.45, 7) is 9.80. The molecule has 0 aliphatic carbocycles. The normalized spacial score (nSPS) is 16.6. The van der Waals surface area contributed by atoms with Crippen LogP contribution in [0.4, 0.5) is 33.2 Å². The van der Waals surface area contributed by atoms with E-state index in [2.05, 4.69) is 26.5 Å². The SMILES string of the molecule is COc1cc(Nc2nc(Nc3cc(F)cc(C(C)(C)O)c3)c3c(C)csc3n2)ccc1N1CCC(N2CCC2)CC1. The molecule has 2 fully saturated rings. The number of benzene rings is 2. The number of rotatable bonds is 8. The number of hydrogen-bond donors (Lipinski definition) is 3. The summed E-state index contributed by atoms with van der Waals surface area (Å²) in [5.74, 6) is 1.36. The number of likely N-dealkylation sites (tertiary alicyclic amines) is 1. The molecular formula is C31H37FN6O2S. The van der Waals surface area contributed by atoms with Gasteiger partial charge in [-0.05, 0) is 100.0 Å². The third-order valence-electron chi connectivity index (χ3n) is 8.13. The van der Waals surface area contributed by atoms with Crippen molar-refractivity contribution < 1.29 is 14.2 Å². The Bertz CT molecular complexity index is 1560. The second-order valence-corrected chi connectivity index (χ2v) is 12.4. The molecule has 2 aromatic carbocycles. The zero-order chi connectivity index (χ0) is 28.7. The van der Waals surface area contributed by atoms with Crippen LogP contribution in [0.15, 0.2) is 41.8 Å².